The van der Waals surface area contributed by atoms with Gasteiger partial charge in [-0.2, -0.15) is 0 Å². The lowest BCUT2D eigenvalue weighted by atomic mass is 10.1. The summed E-state index contributed by atoms with van der Waals surface area (Å²) in [4.78, 5) is 12.2. The van der Waals surface area contributed by atoms with Crippen molar-refractivity contribution in [1.29, 1.82) is 0 Å². The van der Waals surface area contributed by atoms with Crippen LogP contribution in [0.1, 0.15) is 27.2 Å². The van der Waals surface area contributed by atoms with Gasteiger partial charge in [-0.25, -0.2) is 0 Å². The average molecular weight is 245 g/mol. The lowest BCUT2D eigenvalue weighted by Crippen LogP contribution is -2.18. The molecule has 96 valence electrons. The number of pyridine rings is 1. The molecule has 0 radical (unpaired) electrons. The van der Waals surface area contributed by atoms with E-state index in [1.165, 1.54) is 0 Å². The van der Waals surface area contributed by atoms with Gasteiger partial charge in [0.25, 0.3) is 5.56 Å². The third-order valence-electron chi connectivity index (χ3n) is 3.22. The number of aryl methyl sites for hydroxylation is 1. The maximum Gasteiger partial charge on any atom is 0.258 e. The van der Waals surface area contributed by atoms with E-state index >= 15 is 0 Å². The molecule has 1 aromatic carbocycles. The number of ether oxygens (including phenoxy) is 1. The molecule has 1 aromatic heterocycles. The summed E-state index contributed by atoms with van der Waals surface area (Å²) in [5.41, 5.74) is 0.0459. The molecule has 0 saturated carbocycles. The number of rotatable bonds is 4. The smallest absolute Gasteiger partial charge is 0.258 e. The second-order valence-electron chi connectivity index (χ2n) is 4.46. The Morgan fingerprint density at radius 3 is 2.67 bits per heavy atom. The fourth-order valence-electron chi connectivity index (χ4n) is 1.94. The van der Waals surface area contributed by atoms with Crippen molar-refractivity contribution in [2.75, 3.05) is 0 Å². The minimum atomic E-state index is 0.0459. The van der Waals surface area contributed by atoms with E-state index in [-0.39, 0.29) is 11.7 Å². The molecule has 0 amide bonds. The second kappa shape index (κ2) is 5.25. The molecule has 1 atom stereocenters. The first-order chi connectivity index (χ1) is 8.67. The van der Waals surface area contributed by atoms with Gasteiger partial charge in [0.05, 0.1) is 11.5 Å². The molecule has 3 heteroatoms. The molecule has 18 heavy (non-hydrogen) atoms. The van der Waals surface area contributed by atoms with Crippen LogP contribution in [-0.4, -0.2) is 10.7 Å². The summed E-state index contributed by atoms with van der Waals surface area (Å²) in [5, 5.41) is 1.62. The molecule has 2 rings (SSSR count). The van der Waals surface area contributed by atoms with Crippen molar-refractivity contribution in [3.8, 4) is 5.75 Å². The predicted octanol–water partition coefficient (Wildman–Crippen LogP) is 3.20. The van der Waals surface area contributed by atoms with E-state index in [1.807, 2.05) is 44.3 Å². The normalized spacial score (nSPS) is 12.6. The SMILES string of the molecule is CCC(C)Oc1cccc2c(=O)n(CC)ccc12. The van der Waals surface area contributed by atoms with Crippen LogP contribution in [0.25, 0.3) is 10.8 Å². The van der Waals surface area contributed by atoms with Crippen molar-refractivity contribution in [3.05, 3.63) is 40.8 Å². The summed E-state index contributed by atoms with van der Waals surface area (Å²) >= 11 is 0. The molecule has 0 fully saturated rings. The molecule has 0 aliphatic carbocycles. The van der Waals surface area contributed by atoms with E-state index in [0.29, 0.717) is 6.54 Å². The van der Waals surface area contributed by atoms with Crippen molar-refractivity contribution >= 4 is 10.8 Å². The fourth-order valence-corrected chi connectivity index (χ4v) is 1.94. The Labute approximate surface area is 107 Å². The van der Waals surface area contributed by atoms with E-state index in [4.69, 9.17) is 4.74 Å². The van der Waals surface area contributed by atoms with Crippen molar-refractivity contribution < 1.29 is 4.74 Å². The van der Waals surface area contributed by atoms with Crippen LogP contribution in [0.5, 0.6) is 5.75 Å². The lowest BCUT2D eigenvalue weighted by molar-refractivity contribution is 0.220. The van der Waals surface area contributed by atoms with Gasteiger partial charge in [-0.15, -0.1) is 0 Å². The molecule has 0 spiro atoms. The number of hydrogen-bond acceptors (Lipinski definition) is 2. The van der Waals surface area contributed by atoms with Gasteiger partial charge in [0, 0.05) is 18.1 Å². The number of benzene rings is 1. The summed E-state index contributed by atoms with van der Waals surface area (Å²) in [6.45, 7) is 6.77. The van der Waals surface area contributed by atoms with Gasteiger partial charge < -0.3 is 9.30 Å². The Morgan fingerprint density at radius 2 is 2.00 bits per heavy atom. The van der Waals surface area contributed by atoms with Gasteiger partial charge in [-0.3, -0.25) is 4.79 Å². The third-order valence-corrected chi connectivity index (χ3v) is 3.22. The van der Waals surface area contributed by atoms with Crippen LogP contribution >= 0.6 is 0 Å². The van der Waals surface area contributed by atoms with Crippen LogP contribution in [0.15, 0.2) is 35.3 Å². The van der Waals surface area contributed by atoms with E-state index in [1.54, 1.807) is 4.57 Å². The maximum atomic E-state index is 12.2. The van der Waals surface area contributed by atoms with Crippen molar-refractivity contribution in [2.45, 2.75) is 39.8 Å². The van der Waals surface area contributed by atoms with Crippen LogP contribution in [0.4, 0.5) is 0 Å². The standard InChI is InChI=1S/C15H19NO2/c1-4-11(3)18-14-8-6-7-13-12(14)9-10-16(5-2)15(13)17/h6-11H,4-5H2,1-3H3. The van der Waals surface area contributed by atoms with Gasteiger partial charge >= 0.3 is 0 Å². The number of fused-ring (bicyclic) bond motifs is 1. The molecule has 1 unspecified atom stereocenters. The Balaban J connectivity index is 2.57. The molecule has 0 bridgehead atoms. The highest BCUT2D eigenvalue weighted by atomic mass is 16.5. The van der Waals surface area contributed by atoms with Gasteiger partial charge in [0.15, 0.2) is 0 Å². The zero-order valence-electron chi connectivity index (χ0n) is 11.1. The highest BCUT2D eigenvalue weighted by molar-refractivity contribution is 5.87. The summed E-state index contributed by atoms with van der Waals surface area (Å²) < 4.78 is 7.56. The molecule has 0 saturated heterocycles. The van der Waals surface area contributed by atoms with Crippen LogP contribution in [0, 0.1) is 0 Å². The van der Waals surface area contributed by atoms with Crippen LogP contribution < -0.4 is 10.3 Å². The molecule has 0 aliphatic heterocycles. The monoisotopic (exact) mass is 245 g/mol. The Morgan fingerprint density at radius 1 is 1.22 bits per heavy atom. The number of aromatic nitrogens is 1. The van der Waals surface area contributed by atoms with Crippen LogP contribution in [0.2, 0.25) is 0 Å². The highest BCUT2D eigenvalue weighted by Crippen LogP contribution is 2.24. The van der Waals surface area contributed by atoms with E-state index < -0.39 is 0 Å². The topological polar surface area (TPSA) is 31.2 Å². The first-order valence-corrected chi connectivity index (χ1v) is 6.46. The Kier molecular flexibility index (Phi) is 3.70. The van der Waals surface area contributed by atoms with E-state index in [0.717, 1.165) is 22.9 Å². The van der Waals surface area contributed by atoms with Gasteiger partial charge in [-0.05, 0) is 38.5 Å². The van der Waals surface area contributed by atoms with Crippen LogP contribution in [0.3, 0.4) is 0 Å². The quantitative estimate of drug-likeness (QED) is 0.828. The van der Waals surface area contributed by atoms with E-state index in [9.17, 15) is 4.79 Å². The molecular weight excluding hydrogens is 226 g/mol. The Bertz CT molecular complexity index is 601. The lowest BCUT2D eigenvalue weighted by Gasteiger charge is -2.15. The van der Waals surface area contributed by atoms with Gasteiger partial charge in [-0.1, -0.05) is 13.0 Å². The first kappa shape index (κ1) is 12.7. The minimum absolute atomic E-state index is 0.0459. The van der Waals surface area contributed by atoms with Gasteiger partial charge in [0.1, 0.15) is 5.75 Å². The van der Waals surface area contributed by atoms with Crippen molar-refractivity contribution in [3.63, 3.8) is 0 Å². The first-order valence-electron chi connectivity index (χ1n) is 6.46. The van der Waals surface area contributed by atoms with Crippen LogP contribution in [-0.2, 0) is 6.54 Å². The molecular formula is C15H19NO2. The van der Waals surface area contributed by atoms with E-state index in [2.05, 4.69) is 6.92 Å². The third kappa shape index (κ3) is 2.26. The summed E-state index contributed by atoms with van der Waals surface area (Å²) in [5.74, 6) is 0.794. The van der Waals surface area contributed by atoms with Crippen molar-refractivity contribution in [2.24, 2.45) is 0 Å². The minimum Gasteiger partial charge on any atom is -0.490 e. The second-order valence-corrected chi connectivity index (χ2v) is 4.46. The number of nitrogens with zero attached hydrogens (tertiary/aromatic N) is 1. The average Bonchev–Trinajstić information content (AvgIpc) is 2.40. The summed E-state index contributed by atoms with van der Waals surface area (Å²) in [6.07, 6.45) is 2.93. The predicted molar refractivity (Wildman–Crippen MR) is 74.3 cm³/mol. The molecule has 1 heterocycles. The molecule has 2 aromatic rings. The summed E-state index contributed by atoms with van der Waals surface area (Å²) in [7, 11) is 0. The molecule has 0 N–H and O–H groups in total. The zero-order chi connectivity index (χ0) is 13.1. The maximum absolute atomic E-state index is 12.2. The largest absolute Gasteiger partial charge is 0.490 e. The fraction of sp³-hybridized carbons (Fsp3) is 0.400. The summed E-state index contributed by atoms with van der Waals surface area (Å²) in [6, 6.07) is 7.61. The zero-order valence-corrected chi connectivity index (χ0v) is 11.1. The van der Waals surface area contributed by atoms with Gasteiger partial charge in [0.2, 0.25) is 0 Å². The highest BCUT2D eigenvalue weighted by Gasteiger charge is 2.08. The Hall–Kier alpha value is -1.77. The molecule has 0 aliphatic rings. The molecule has 3 nitrogen and oxygen atoms in total. The van der Waals surface area contributed by atoms with Crippen molar-refractivity contribution in [1.82, 2.24) is 4.57 Å². The number of hydrogen-bond donors (Lipinski definition) is 0.